The van der Waals surface area contributed by atoms with Gasteiger partial charge in [0.1, 0.15) is 41.5 Å². The fourth-order valence-electron chi connectivity index (χ4n) is 6.62. The van der Waals surface area contributed by atoms with E-state index in [1.165, 1.54) is 4.90 Å². The first kappa shape index (κ1) is 36.2. The number of aromatic nitrogens is 1. The third-order valence-corrected chi connectivity index (χ3v) is 9.40. The number of benzene rings is 3. The van der Waals surface area contributed by atoms with Crippen molar-refractivity contribution in [2.45, 2.75) is 70.2 Å². The molecule has 2 aliphatic rings. The monoisotopic (exact) mass is 708 g/mol. The van der Waals surface area contributed by atoms with Gasteiger partial charge in [-0.2, -0.15) is 0 Å². The predicted octanol–water partition coefficient (Wildman–Crippen LogP) is 4.77. The van der Waals surface area contributed by atoms with E-state index in [4.69, 9.17) is 19.2 Å². The maximum absolute atomic E-state index is 14.6. The number of aliphatic carboxylic acids is 1. The molecule has 12 heteroatoms. The van der Waals surface area contributed by atoms with Crippen LogP contribution in [0.5, 0.6) is 17.2 Å². The summed E-state index contributed by atoms with van der Waals surface area (Å²) in [7, 11) is 1.58. The number of ether oxygens (including phenoxy) is 3. The number of methoxy groups -OCH3 is 1. The maximum atomic E-state index is 14.6. The van der Waals surface area contributed by atoms with Crippen LogP contribution in [0.25, 0.3) is 22.2 Å². The molecule has 12 nitrogen and oxygen atoms in total. The number of nitrogens with zero attached hydrogens (tertiary/aromatic N) is 2. The smallest absolute Gasteiger partial charge is 0.326 e. The van der Waals surface area contributed by atoms with Gasteiger partial charge in [-0.1, -0.05) is 56.3 Å². The van der Waals surface area contributed by atoms with Crippen molar-refractivity contribution in [1.82, 2.24) is 20.5 Å². The average Bonchev–Trinajstić information content (AvgIpc) is 3.56. The summed E-state index contributed by atoms with van der Waals surface area (Å²) in [5.41, 5.74) is 2.92. The molecule has 3 amide bonds. The van der Waals surface area contributed by atoms with E-state index in [1.54, 1.807) is 25.3 Å². The van der Waals surface area contributed by atoms with Gasteiger partial charge in [0.15, 0.2) is 0 Å². The molecule has 0 aliphatic carbocycles. The molecule has 1 unspecified atom stereocenters. The molecule has 4 atom stereocenters. The normalized spacial score (nSPS) is 20.7. The number of carbonyl (C=O) groups excluding carboxylic acids is 3. The van der Waals surface area contributed by atoms with Gasteiger partial charge in [-0.3, -0.25) is 14.4 Å². The number of rotatable bonds is 9. The topological polar surface area (TPSA) is 156 Å². The lowest BCUT2D eigenvalue weighted by atomic mass is 10.0. The van der Waals surface area contributed by atoms with Crippen LogP contribution in [0.1, 0.15) is 45.1 Å². The summed E-state index contributed by atoms with van der Waals surface area (Å²) < 4.78 is 18.0. The number of pyridine rings is 1. The number of hydrogen-bond donors (Lipinski definition) is 3. The Kier molecular flexibility index (Phi) is 11.2. The standard InChI is InChI=1S/C40H44N4O8/c1-24(2)12-15-37(45)42-34-19-25-8-7-11-28(18-25)51-17-16-31(40(48)49)43-38(46)35-21-29(23-44(35)39(34)47)52-36-22-32(26-9-5-4-6-10-26)41-33-20-27(50-3)13-14-30(33)36/h4-11,13-14,18,20,22,24,29,31,34-35H,12,15-17,19,21,23H2,1-3H3,(H,42,45)(H,43,46)(H,48,49)/t29-,31?,34-,35+/m1/s1. The Labute approximate surface area is 302 Å². The van der Waals surface area contributed by atoms with E-state index in [0.717, 1.165) is 11.1 Å². The third kappa shape index (κ3) is 8.62. The van der Waals surface area contributed by atoms with Gasteiger partial charge in [-0.25, -0.2) is 9.78 Å². The summed E-state index contributed by atoms with van der Waals surface area (Å²) in [6.45, 7) is 4.11. The lowest BCUT2D eigenvalue weighted by Gasteiger charge is -2.30. The van der Waals surface area contributed by atoms with Crippen molar-refractivity contribution < 1.29 is 38.5 Å². The second-order valence-electron chi connectivity index (χ2n) is 13.7. The van der Waals surface area contributed by atoms with Crippen LogP contribution in [0, 0.1) is 5.92 Å². The zero-order valence-electron chi connectivity index (χ0n) is 29.5. The highest BCUT2D eigenvalue weighted by Gasteiger charge is 2.44. The van der Waals surface area contributed by atoms with Crippen LogP contribution in [0.2, 0.25) is 0 Å². The number of carboxylic acid groups (broad SMARTS) is 1. The highest BCUT2D eigenvalue weighted by Crippen LogP contribution is 2.35. The fraction of sp³-hybridized carbons (Fsp3) is 0.375. The van der Waals surface area contributed by atoms with E-state index in [-0.39, 0.29) is 44.7 Å². The Morgan fingerprint density at radius 2 is 1.87 bits per heavy atom. The Morgan fingerprint density at radius 1 is 1.06 bits per heavy atom. The van der Waals surface area contributed by atoms with Gasteiger partial charge in [0.25, 0.3) is 0 Å². The molecule has 3 N–H and O–H groups in total. The van der Waals surface area contributed by atoms with E-state index in [1.807, 2.05) is 74.5 Å². The van der Waals surface area contributed by atoms with Gasteiger partial charge < -0.3 is 34.9 Å². The van der Waals surface area contributed by atoms with E-state index in [9.17, 15) is 24.3 Å². The molecule has 2 aliphatic heterocycles. The van der Waals surface area contributed by atoms with Crippen LogP contribution in [0.4, 0.5) is 0 Å². The fourth-order valence-corrected chi connectivity index (χ4v) is 6.62. The Hall–Kier alpha value is -5.65. The van der Waals surface area contributed by atoms with Gasteiger partial charge in [-0.05, 0) is 42.2 Å². The van der Waals surface area contributed by atoms with Crippen molar-refractivity contribution in [3.05, 3.63) is 84.4 Å². The second kappa shape index (κ2) is 16.1. The molecule has 2 bridgehead atoms. The number of nitrogens with one attached hydrogen (secondary N) is 2. The Morgan fingerprint density at radius 3 is 2.62 bits per heavy atom. The number of carbonyl (C=O) groups is 4. The number of amides is 3. The molecular formula is C40H44N4O8. The summed E-state index contributed by atoms with van der Waals surface area (Å²) in [4.78, 5) is 60.2. The third-order valence-electron chi connectivity index (χ3n) is 9.40. The largest absolute Gasteiger partial charge is 0.497 e. The average molecular weight is 709 g/mol. The van der Waals surface area contributed by atoms with Crippen LogP contribution < -0.4 is 24.8 Å². The quantitative estimate of drug-likeness (QED) is 0.223. The SMILES string of the molecule is COc1ccc2c(O[C@@H]3C[C@H]4C(=O)NC(C(=O)O)CCOc5cccc(c5)C[C@@H](NC(=O)CCC(C)C)C(=O)N4C3)cc(-c3ccccc3)nc2c1. The lowest BCUT2D eigenvalue weighted by Crippen LogP contribution is -2.56. The molecule has 0 spiro atoms. The summed E-state index contributed by atoms with van der Waals surface area (Å²) in [5, 5.41) is 16.3. The van der Waals surface area contributed by atoms with Crippen molar-refractivity contribution in [3.63, 3.8) is 0 Å². The summed E-state index contributed by atoms with van der Waals surface area (Å²) in [5.74, 6) is -0.664. The molecule has 4 aromatic rings. The van der Waals surface area contributed by atoms with Crippen LogP contribution in [0.3, 0.4) is 0 Å². The van der Waals surface area contributed by atoms with Crippen molar-refractivity contribution in [2.24, 2.45) is 5.92 Å². The van der Waals surface area contributed by atoms with Gasteiger partial charge in [0.2, 0.25) is 17.7 Å². The van der Waals surface area contributed by atoms with E-state index >= 15 is 0 Å². The van der Waals surface area contributed by atoms with Gasteiger partial charge in [-0.15, -0.1) is 0 Å². The highest BCUT2D eigenvalue weighted by molar-refractivity contribution is 5.94. The maximum Gasteiger partial charge on any atom is 0.326 e. The van der Waals surface area contributed by atoms with Crippen molar-refractivity contribution >= 4 is 34.6 Å². The second-order valence-corrected chi connectivity index (χ2v) is 13.7. The van der Waals surface area contributed by atoms with Crippen LogP contribution >= 0.6 is 0 Å². The van der Waals surface area contributed by atoms with Gasteiger partial charge in [0, 0.05) is 48.8 Å². The Balaban J connectivity index is 1.36. The zero-order chi connectivity index (χ0) is 36.8. The van der Waals surface area contributed by atoms with E-state index in [0.29, 0.717) is 46.2 Å². The van der Waals surface area contributed by atoms with Gasteiger partial charge >= 0.3 is 5.97 Å². The molecule has 272 valence electrons. The molecule has 1 saturated heterocycles. The number of fused-ring (bicyclic) bond motifs is 4. The van der Waals surface area contributed by atoms with E-state index in [2.05, 4.69) is 10.6 Å². The molecule has 3 heterocycles. The first-order chi connectivity index (χ1) is 25.1. The number of carboxylic acids is 1. The zero-order valence-corrected chi connectivity index (χ0v) is 29.5. The van der Waals surface area contributed by atoms with Crippen molar-refractivity contribution in [2.75, 3.05) is 20.3 Å². The summed E-state index contributed by atoms with van der Waals surface area (Å²) >= 11 is 0. The first-order valence-electron chi connectivity index (χ1n) is 17.6. The minimum absolute atomic E-state index is 0.00909. The molecular weight excluding hydrogens is 664 g/mol. The molecule has 0 saturated carbocycles. The molecule has 6 rings (SSSR count). The summed E-state index contributed by atoms with van der Waals surface area (Å²) in [6, 6.07) is 20.8. The van der Waals surface area contributed by atoms with Crippen molar-refractivity contribution in [3.8, 4) is 28.5 Å². The van der Waals surface area contributed by atoms with Crippen LogP contribution in [-0.4, -0.2) is 83.2 Å². The predicted molar refractivity (Wildman–Crippen MR) is 194 cm³/mol. The van der Waals surface area contributed by atoms with Gasteiger partial charge in [0.05, 0.1) is 31.5 Å². The molecule has 0 radical (unpaired) electrons. The molecule has 1 fully saturated rings. The summed E-state index contributed by atoms with van der Waals surface area (Å²) in [6.07, 6.45) is 0.492. The highest BCUT2D eigenvalue weighted by atomic mass is 16.5. The van der Waals surface area contributed by atoms with Crippen molar-refractivity contribution in [1.29, 1.82) is 0 Å². The number of hydrogen-bond acceptors (Lipinski definition) is 8. The van der Waals surface area contributed by atoms with Crippen LogP contribution in [0.15, 0.2) is 78.9 Å². The molecule has 3 aromatic carbocycles. The van der Waals surface area contributed by atoms with Crippen LogP contribution in [-0.2, 0) is 25.6 Å². The molecule has 52 heavy (non-hydrogen) atoms. The molecule has 1 aromatic heterocycles. The minimum Gasteiger partial charge on any atom is -0.497 e. The Bertz CT molecular complexity index is 1930. The lowest BCUT2D eigenvalue weighted by molar-refractivity contribution is -0.145. The first-order valence-corrected chi connectivity index (χ1v) is 17.6. The van der Waals surface area contributed by atoms with E-state index < -0.39 is 42.0 Å². The minimum atomic E-state index is -1.25.